The Bertz CT molecular complexity index is 1070. The van der Waals surface area contributed by atoms with Crippen molar-refractivity contribution in [1.82, 2.24) is 10.9 Å². The van der Waals surface area contributed by atoms with Crippen LogP contribution >= 0.6 is 0 Å². The van der Waals surface area contributed by atoms with Crippen molar-refractivity contribution in [2.75, 3.05) is 0 Å². The van der Waals surface area contributed by atoms with Gasteiger partial charge in [-0.25, -0.2) is 20.0 Å². The number of hydrogen-bond donors (Lipinski definition) is 2. The largest absolute Gasteiger partial charge is 0.423 e. The third-order valence-corrected chi connectivity index (χ3v) is 5.42. The first-order valence-electron chi connectivity index (χ1n) is 9.61. The number of halogens is 1. The van der Waals surface area contributed by atoms with Gasteiger partial charge >= 0.3 is 5.97 Å². The van der Waals surface area contributed by atoms with Crippen LogP contribution in [0.15, 0.2) is 58.7 Å². The Morgan fingerprint density at radius 1 is 0.903 bits per heavy atom. The number of carbonyl (C=O) groups is 3. The van der Waals surface area contributed by atoms with Gasteiger partial charge in [0.1, 0.15) is 11.6 Å². The van der Waals surface area contributed by atoms with E-state index in [0.29, 0.717) is 17.0 Å². The molecule has 2 aromatic rings. The number of hydrogen-bond acceptors (Lipinski definition) is 6. The highest BCUT2D eigenvalue weighted by Crippen LogP contribution is 2.38. The van der Waals surface area contributed by atoms with Crippen LogP contribution in [0.3, 0.4) is 0 Å². The molecule has 8 nitrogen and oxygen atoms in total. The minimum Gasteiger partial charge on any atom is -0.423 e. The van der Waals surface area contributed by atoms with E-state index in [9.17, 15) is 18.8 Å². The van der Waals surface area contributed by atoms with Gasteiger partial charge in [0.25, 0.3) is 0 Å². The Morgan fingerprint density at radius 2 is 1.42 bits per heavy atom. The van der Waals surface area contributed by atoms with Crippen molar-refractivity contribution >= 4 is 29.2 Å². The molecule has 31 heavy (non-hydrogen) atoms. The Labute approximate surface area is 177 Å². The molecule has 2 heterocycles. The quantitative estimate of drug-likeness (QED) is 0.569. The van der Waals surface area contributed by atoms with Crippen LogP contribution in [0.2, 0.25) is 0 Å². The summed E-state index contributed by atoms with van der Waals surface area (Å²) >= 11 is 0. The second kappa shape index (κ2) is 8.10. The standard InChI is InChI=1S/C22H19FN4O4/c1-11-17(20(28)26-24-11)19(18-12(2)25-27-21(18)29)13-5-9-16(10-6-13)31-22(30)14-3-7-15(23)8-4-14/h3-10,17-19H,1-2H3,(H,26,28)(H,27,29). The fraction of sp³-hybridized carbons (Fsp3) is 0.227. The van der Waals surface area contributed by atoms with Crippen molar-refractivity contribution in [2.24, 2.45) is 22.0 Å². The fourth-order valence-corrected chi connectivity index (χ4v) is 3.88. The minimum absolute atomic E-state index is 0.215. The van der Waals surface area contributed by atoms with Gasteiger partial charge in [0, 0.05) is 17.3 Å². The van der Waals surface area contributed by atoms with Crippen molar-refractivity contribution in [3.8, 4) is 5.75 Å². The summed E-state index contributed by atoms with van der Waals surface area (Å²) in [5, 5.41) is 8.03. The lowest BCUT2D eigenvalue weighted by Crippen LogP contribution is -2.38. The highest BCUT2D eigenvalue weighted by atomic mass is 19.1. The molecule has 2 aliphatic rings. The number of hydrazone groups is 2. The van der Waals surface area contributed by atoms with Crippen LogP contribution in [0.4, 0.5) is 4.39 Å². The van der Waals surface area contributed by atoms with Gasteiger partial charge in [-0.15, -0.1) is 0 Å². The van der Waals surface area contributed by atoms with Gasteiger partial charge in [0.2, 0.25) is 11.8 Å². The molecule has 0 fully saturated rings. The van der Waals surface area contributed by atoms with E-state index in [1.165, 1.54) is 24.3 Å². The van der Waals surface area contributed by atoms with E-state index >= 15 is 0 Å². The monoisotopic (exact) mass is 422 g/mol. The van der Waals surface area contributed by atoms with Gasteiger partial charge in [-0.3, -0.25) is 9.59 Å². The van der Waals surface area contributed by atoms with E-state index in [0.717, 1.165) is 0 Å². The first kappa shape index (κ1) is 20.4. The summed E-state index contributed by atoms with van der Waals surface area (Å²) in [5.41, 5.74) is 7.00. The van der Waals surface area contributed by atoms with Crippen LogP contribution in [0.5, 0.6) is 5.75 Å². The van der Waals surface area contributed by atoms with E-state index in [1.54, 1.807) is 38.1 Å². The molecule has 0 spiro atoms. The zero-order chi connectivity index (χ0) is 22.1. The van der Waals surface area contributed by atoms with Crippen LogP contribution in [-0.4, -0.2) is 29.2 Å². The molecule has 2 amide bonds. The molecule has 2 unspecified atom stereocenters. The molecule has 0 aromatic heterocycles. The number of nitrogens with one attached hydrogen (secondary N) is 2. The first-order chi connectivity index (χ1) is 14.8. The average Bonchev–Trinajstić information content (AvgIpc) is 3.26. The van der Waals surface area contributed by atoms with Gasteiger partial charge in [-0.05, 0) is 55.8 Å². The van der Waals surface area contributed by atoms with E-state index in [2.05, 4.69) is 21.1 Å². The molecular formula is C22H19FN4O4. The van der Waals surface area contributed by atoms with Crippen molar-refractivity contribution in [2.45, 2.75) is 19.8 Å². The maximum absolute atomic E-state index is 13.0. The summed E-state index contributed by atoms with van der Waals surface area (Å²) in [6.45, 7) is 3.46. The smallest absolute Gasteiger partial charge is 0.343 e. The lowest BCUT2D eigenvalue weighted by Gasteiger charge is -2.27. The normalized spacial score (nSPS) is 21.1. The van der Waals surface area contributed by atoms with Crippen molar-refractivity contribution in [1.29, 1.82) is 0 Å². The Hall–Kier alpha value is -3.88. The van der Waals surface area contributed by atoms with Crippen LogP contribution in [-0.2, 0) is 9.59 Å². The van der Waals surface area contributed by atoms with E-state index < -0.39 is 29.5 Å². The third-order valence-electron chi connectivity index (χ3n) is 5.42. The third kappa shape index (κ3) is 3.94. The second-order valence-corrected chi connectivity index (χ2v) is 7.41. The molecule has 9 heteroatoms. The minimum atomic E-state index is -0.633. The summed E-state index contributed by atoms with van der Waals surface area (Å²) in [5.74, 6) is -3.17. The number of ether oxygens (including phenoxy) is 1. The molecule has 2 aromatic carbocycles. The molecule has 0 radical (unpaired) electrons. The molecule has 2 N–H and O–H groups in total. The predicted octanol–water partition coefficient (Wildman–Crippen LogP) is 2.37. The van der Waals surface area contributed by atoms with Crippen LogP contribution in [0, 0.1) is 17.7 Å². The summed E-state index contributed by atoms with van der Waals surface area (Å²) in [4.78, 5) is 37.2. The van der Waals surface area contributed by atoms with E-state index in [4.69, 9.17) is 4.74 Å². The topological polar surface area (TPSA) is 109 Å². The fourth-order valence-electron chi connectivity index (χ4n) is 3.88. The number of benzene rings is 2. The van der Waals surface area contributed by atoms with Gasteiger partial charge < -0.3 is 4.74 Å². The molecule has 0 aliphatic carbocycles. The highest BCUT2D eigenvalue weighted by molar-refractivity contribution is 6.12. The number of esters is 1. The zero-order valence-corrected chi connectivity index (χ0v) is 16.8. The number of nitrogens with zero attached hydrogens (tertiary/aromatic N) is 2. The summed E-state index contributed by atoms with van der Waals surface area (Å²) in [7, 11) is 0. The Balaban J connectivity index is 1.61. The van der Waals surface area contributed by atoms with Crippen molar-refractivity contribution in [3.63, 3.8) is 0 Å². The summed E-state index contributed by atoms with van der Waals surface area (Å²) in [6.07, 6.45) is 0. The number of carbonyl (C=O) groups excluding carboxylic acids is 3. The predicted molar refractivity (Wildman–Crippen MR) is 110 cm³/mol. The lowest BCUT2D eigenvalue weighted by molar-refractivity contribution is -0.125. The van der Waals surface area contributed by atoms with Gasteiger partial charge in [-0.2, -0.15) is 10.2 Å². The molecular weight excluding hydrogens is 403 g/mol. The average molecular weight is 422 g/mol. The van der Waals surface area contributed by atoms with Gasteiger partial charge in [0.15, 0.2) is 0 Å². The van der Waals surface area contributed by atoms with Crippen LogP contribution in [0.1, 0.15) is 35.7 Å². The zero-order valence-electron chi connectivity index (χ0n) is 16.8. The van der Waals surface area contributed by atoms with E-state index in [1.807, 2.05) is 0 Å². The Morgan fingerprint density at radius 3 is 1.87 bits per heavy atom. The van der Waals surface area contributed by atoms with Crippen molar-refractivity contribution < 1.29 is 23.5 Å². The van der Waals surface area contributed by atoms with Gasteiger partial charge in [0.05, 0.1) is 17.4 Å². The Kier molecular flexibility index (Phi) is 5.33. The highest BCUT2D eigenvalue weighted by Gasteiger charge is 2.45. The summed E-state index contributed by atoms with van der Waals surface area (Å²) < 4.78 is 18.4. The van der Waals surface area contributed by atoms with Crippen LogP contribution in [0.25, 0.3) is 0 Å². The SMILES string of the molecule is CC1=NNC(=O)C1C(c1ccc(OC(=O)c2ccc(F)cc2)cc1)C1C(=O)NN=C1C. The molecule has 0 saturated carbocycles. The van der Waals surface area contributed by atoms with E-state index in [-0.39, 0.29) is 23.1 Å². The molecule has 0 saturated heterocycles. The maximum atomic E-state index is 13.0. The maximum Gasteiger partial charge on any atom is 0.343 e. The molecule has 158 valence electrons. The van der Waals surface area contributed by atoms with Crippen LogP contribution < -0.4 is 15.6 Å². The molecule has 2 aliphatic heterocycles. The molecule has 2 atom stereocenters. The second-order valence-electron chi connectivity index (χ2n) is 7.41. The first-order valence-corrected chi connectivity index (χ1v) is 9.61. The summed E-state index contributed by atoms with van der Waals surface area (Å²) in [6, 6.07) is 11.6. The van der Waals surface area contributed by atoms with Gasteiger partial charge in [-0.1, -0.05) is 12.1 Å². The van der Waals surface area contributed by atoms with Crippen molar-refractivity contribution in [3.05, 3.63) is 65.5 Å². The molecule has 4 rings (SSSR count). The molecule has 0 bridgehead atoms. The lowest BCUT2D eigenvalue weighted by atomic mass is 9.73. The number of amides is 2. The number of rotatable bonds is 5.